The lowest BCUT2D eigenvalue weighted by molar-refractivity contribution is -0.385. The minimum absolute atomic E-state index is 0.234. The van der Waals surface area contributed by atoms with Gasteiger partial charge in [-0.3, -0.25) is 14.9 Å². The van der Waals surface area contributed by atoms with Crippen molar-refractivity contribution in [2.75, 3.05) is 6.61 Å². The second-order valence-electron chi connectivity index (χ2n) is 3.82. The van der Waals surface area contributed by atoms with Crippen LogP contribution in [0.2, 0.25) is 0 Å². The number of halogens is 3. The number of benzene rings is 1. The number of alkyl halides is 3. The number of carbonyl (C=O) groups is 1. The highest BCUT2D eigenvalue weighted by Gasteiger charge is 2.65. The van der Waals surface area contributed by atoms with Gasteiger partial charge in [-0.25, -0.2) is 0 Å². The van der Waals surface area contributed by atoms with Gasteiger partial charge >= 0.3 is 11.8 Å². The molecule has 2 rings (SSSR count). The highest BCUT2D eigenvalue weighted by atomic mass is 19.4. The maximum absolute atomic E-state index is 12.8. The van der Waals surface area contributed by atoms with E-state index in [2.05, 4.69) is 10.2 Å². The van der Waals surface area contributed by atoms with Crippen molar-refractivity contribution in [1.29, 1.82) is 0 Å². The molecule has 1 aromatic rings. The van der Waals surface area contributed by atoms with Crippen LogP contribution >= 0.6 is 0 Å². The van der Waals surface area contributed by atoms with E-state index in [1.807, 2.05) is 0 Å². The average molecular weight is 289 g/mol. The minimum Gasteiger partial charge on any atom is -0.486 e. The Balaban J connectivity index is 2.45. The van der Waals surface area contributed by atoms with E-state index in [9.17, 15) is 28.1 Å². The van der Waals surface area contributed by atoms with Gasteiger partial charge in [0, 0.05) is 11.6 Å². The summed E-state index contributed by atoms with van der Waals surface area (Å²) in [5, 5.41) is 16.6. The SMILES string of the molecule is O=CCOc1cc([N+](=O)[O-])cc(C2(C(F)(F)F)N=N2)c1. The van der Waals surface area contributed by atoms with Crippen LogP contribution in [0, 0.1) is 10.1 Å². The molecule has 10 heteroatoms. The predicted molar refractivity (Wildman–Crippen MR) is 57.2 cm³/mol. The van der Waals surface area contributed by atoms with E-state index in [0.717, 1.165) is 18.2 Å². The molecule has 0 radical (unpaired) electrons. The number of carbonyl (C=O) groups excluding carboxylic acids is 1. The zero-order valence-electron chi connectivity index (χ0n) is 9.63. The van der Waals surface area contributed by atoms with Gasteiger partial charge in [-0.2, -0.15) is 13.2 Å². The topological polar surface area (TPSA) is 94.2 Å². The van der Waals surface area contributed by atoms with Crippen molar-refractivity contribution >= 4 is 12.0 Å². The molecule has 1 aliphatic heterocycles. The van der Waals surface area contributed by atoms with Gasteiger partial charge < -0.3 is 4.74 Å². The summed E-state index contributed by atoms with van der Waals surface area (Å²) in [6, 6.07) is 2.56. The number of nitro groups is 1. The van der Waals surface area contributed by atoms with E-state index in [1.54, 1.807) is 0 Å². The van der Waals surface area contributed by atoms with Crippen LogP contribution in [0.15, 0.2) is 28.4 Å². The zero-order chi connectivity index (χ0) is 15.0. The van der Waals surface area contributed by atoms with Crippen LogP contribution in [0.1, 0.15) is 5.56 Å². The van der Waals surface area contributed by atoms with Gasteiger partial charge in [0.05, 0.1) is 11.0 Å². The van der Waals surface area contributed by atoms with Gasteiger partial charge in [0.15, 0.2) is 6.29 Å². The van der Waals surface area contributed by atoms with Gasteiger partial charge in [-0.15, -0.1) is 10.2 Å². The molecule has 0 fully saturated rings. The second-order valence-corrected chi connectivity index (χ2v) is 3.82. The fourth-order valence-electron chi connectivity index (χ4n) is 1.55. The molecule has 0 N–H and O–H groups in total. The monoisotopic (exact) mass is 289 g/mol. The molecule has 1 heterocycles. The number of nitrogens with zero attached hydrogens (tertiary/aromatic N) is 3. The average Bonchev–Trinajstić information content (AvgIpc) is 3.16. The molecule has 7 nitrogen and oxygen atoms in total. The molecule has 0 atom stereocenters. The Kier molecular flexibility index (Phi) is 3.16. The lowest BCUT2D eigenvalue weighted by Crippen LogP contribution is -2.30. The van der Waals surface area contributed by atoms with E-state index < -0.39 is 34.6 Å². The molecule has 0 amide bonds. The Morgan fingerprint density at radius 2 is 2.00 bits per heavy atom. The fourth-order valence-corrected chi connectivity index (χ4v) is 1.55. The van der Waals surface area contributed by atoms with E-state index in [4.69, 9.17) is 4.74 Å². The smallest absolute Gasteiger partial charge is 0.442 e. The molecule has 0 aromatic heterocycles. The summed E-state index contributed by atoms with van der Waals surface area (Å²) in [6.07, 6.45) is -4.44. The summed E-state index contributed by atoms with van der Waals surface area (Å²) in [5.41, 5.74) is -3.91. The Morgan fingerprint density at radius 1 is 1.35 bits per heavy atom. The van der Waals surface area contributed by atoms with Crippen LogP contribution in [0.25, 0.3) is 0 Å². The first-order valence-electron chi connectivity index (χ1n) is 5.17. The molecule has 1 aliphatic rings. The molecule has 0 unspecified atom stereocenters. The van der Waals surface area contributed by atoms with E-state index in [-0.39, 0.29) is 5.75 Å². The number of hydrogen-bond acceptors (Lipinski definition) is 6. The standard InChI is InChI=1S/C10H6F3N3O4/c11-10(12,13)9(14-15-9)6-3-7(16(18)19)5-8(4-6)20-2-1-17/h1,3-5H,2H2. The molecule has 106 valence electrons. The first-order valence-corrected chi connectivity index (χ1v) is 5.17. The first-order chi connectivity index (χ1) is 9.30. The van der Waals surface area contributed by atoms with E-state index in [0.29, 0.717) is 6.29 Å². The number of ether oxygens (including phenoxy) is 1. The van der Waals surface area contributed by atoms with E-state index >= 15 is 0 Å². The Morgan fingerprint density at radius 3 is 2.45 bits per heavy atom. The Labute approximate surface area is 109 Å². The van der Waals surface area contributed by atoms with Crippen LogP contribution in [-0.4, -0.2) is 24.0 Å². The zero-order valence-corrected chi connectivity index (χ0v) is 9.63. The third-order valence-electron chi connectivity index (χ3n) is 2.52. The largest absolute Gasteiger partial charge is 0.486 e. The molecule has 1 aromatic carbocycles. The Hall–Kier alpha value is -2.52. The maximum atomic E-state index is 12.8. The molecule has 0 spiro atoms. The fraction of sp³-hybridized carbons (Fsp3) is 0.300. The van der Waals surface area contributed by atoms with Crippen molar-refractivity contribution in [2.45, 2.75) is 11.8 Å². The minimum atomic E-state index is -4.80. The highest BCUT2D eigenvalue weighted by Crippen LogP contribution is 2.53. The predicted octanol–water partition coefficient (Wildman–Crippen LogP) is 2.35. The number of nitro benzene ring substituents is 1. The summed E-state index contributed by atoms with van der Waals surface area (Å²) in [6.45, 7) is -0.437. The second kappa shape index (κ2) is 4.54. The molecule has 0 bridgehead atoms. The summed E-state index contributed by atoms with van der Waals surface area (Å²) >= 11 is 0. The van der Waals surface area contributed by atoms with Gasteiger partial charge in [-0.05, 0) is 6.07 Å². The summed E-state index contributed by atoms with van der Waals surface area (Å²) in [5.74, 6) is -0.234. The van der Waals surface area contributed by atoms with Crippen LogP contribution < -0.4 is 4.74 Å². The maximum Gasteiger partial charge on any atom is 0.442 e. The van der Waals surface area contributed by atoms with Gasteiger partial charge in [0.25, 0.3) is 5.69 Å². The van der Waals surface area contributed by atoms with Crippen LogP contribution in [0.3, 0.4) is 0 Å². The number of hydrogen-bond donors (Lipinski definition) is 0. The van der Waals surface area contributed by atoms with Crippen molar-refractivity contribution in [3.63, 3.8) is 0 Å². The molecular formula is C10H6F3N3O4. The van der Waals surface area contributed by atoms with Crippen molar-refractivity contribution in [3.8, 4) is 5.75 Å². The molecule has 20 heavy (non-hydrogen) atoms. The van der Waals surface area contributed by atoms with E-state index in [1.165, 1.54) is 0 Å². The van der Waals surface area contributed by atoms with Gasteiger partial charge in [-0.1, -0.05) is 0 Å². The van der Waals surface area contributed by atoms with Gasteiger partial charge in [0.1, 0.15) is 12.4 Å². The first kappa shape index (κ1) is 13.9. The molecular weight excluding hydrogens is 283 g/mol. The van der Waals surface area contributed by atoms with Crippen LogP contribution in [0.4, 0.5) is 18.9 Å². The third-order valence-corrected chi connectivity index (χ3v) is 2.52. The summed E-state index contributed by atoms with van der Waals surface area (Å²) in [7, 11) is 0. The highest BCUT2D eigenvalue weighted by molar-refractivity contribution is 5.52. The number of rotatable bonds is 5. The summed E-state index contributed by atoms with van der Waals surface area (Å²) in [4.78, 5) is 20.0. The normalized spacial score (nSPS) is 15.8. The van der Waals surface area contributed by atoms with Crippen molar-refractivity contribution in [3.05, 3.63) is 33.9 Å². The van der Waals surface area contributed by atoms with Crippen LogP contribution in [-0.2, 0) is 10.5 Å². The lowest BCUT2D eigenvalue weighted by atomic mass is 10.0. The van der Waals surface area contributed by atoms with Crippen LogP contribution in [0.5, 0.6) is 5.75 Å². The van der Waals surface area contributed by atoms with Gasteiger partial charge in [0.2, 0.25) is 0 Å². The molecule has 0 saturated heterocycles. The van der Waals surface area contributed by atoms with Crippen molar-refractivity contribution in [2.24, 2.45) is 10.2 Å². The number of non-ortho nitro benzene ring substituents is 1. The number of aldehydes is 1. The molecule has 0 saturated carbocycles. The summed E-state index contributed by atoms with van der Waals surface area (Å²) < 4.78 is 43.3. The Bertz CT molecular complexity index is 594. The third kappa shape index (κ3) is 2.31. The molecule has 0 aliphatic carbocycles. The quantitative estimate of drug-likeness (QED) is 0.472. The van der Waals surface area contributed by atoms with Crippen molar-refractivity contribution < 1.29 is 27.6 Å². The van der Waals surface area contributed by atoms with Crippen molar-refractivity contribution in [1.82, 2.24) is 0 Å². The lowest BCUT2D eigenvalue weighted by Gasteiger charge is -2.15.